The summed E-state index contributed by atoms with van der Waals surface area (Å²) < 4.78 is 5.40. The van der Waals surface area contributed by atoms with E-state index in [1.54, 1.807) is 7.11 Å². The highest BCUT2D eigenvalue weighted by Crippen LogP contribution is 2.38. The molecule has 5 heteroatoms. The van der Waals surface area contributed by atoms with E-state index in [0.29, 0.717) is 6.42 Å². The molecule has 0 saturated heterocycles. The molecule has 0 bridgehead atoms. The molecular formula is C21H24N2O3. The number of benzene rings is 1. The van der Waals surface area contributed by atoms with Crippen LogP contribution >= 0.6 is 0 Å². The number of methoxy groups -OCH3 is 1. The van der Waals surface area contributed by atoms with Gasteiger partial charge >= 0.3 is 5.97 Å². The molecule has 1 atom stereocenters. The van der Waals surface area contributed by atoms with Gasteiger partial charge in [-0.2, -0.15) is 0 Å². The number of aromatic nitrogens is 1. The number of aliphatic carboxylic acids is 1. The van der Waals surface area contributed by atoms with Gasteiger partial charge in [-0.3, -0.25) is 14.8 Å². The number of aryl methyl sites for hydroxylation is 1. The van der Waals surface area contributed by atoms with E-state index < -0.39 is 11.9 Å². The van der Waals surface area contributed by atoms with E-state index in [4.69, 9.17) is 14.7 Å². The van der Waals surface area contributed by atoms with Crippen LogP contribution in [-0.4, -0.2) is 28.9 Å². The monoisotopic (exact) mass is 352 g/mol. The fourth-order valence-electron chi connectivity index (χ4n) is 4.17. The molecule has 136 valence electrons. The van der Waals surface area contributed by atoms with Crippen LogP contribution < -0.4 is 4.74 Å². The van der Waals surface area contributed by atoms with Gasteiger partial charge in [0, 0.05) is 16.8 Å². The lowest BCUT2D eigenvalue weighted by molar-refractivity contribution is -0.139. The van der Waals surface area contributed by atoms with Crippen molar-refractivity contribution >= 4 is 28.3 Å². The summed E-state index contributed by atoms with van der Waals surface area (Å²) in [7, 11) is 1.65. The first kappa shape index (κ1) is 17.0. The first-order chi connectivity index (χ1) is 12.7. The average molecular weight is 352 g/mol. The van der Waals surface area contributed by atoms with Crippen LogP contribution in [-0.2, 0) is 17.6 Å². The summed E-state index contributed by atoms with van der Waals surface area (Å²) in [6.45, 7) is 0. The van der Waals surface area contributed by atoms with Crippen molar-refractivity contribution < 1.29 is 14.6 Å². The first-order valence-electron chi connectivity index (χ1n) is 9.47. The largest absolute Gasteiger partial charge is 0.497 e. The molecule has 1 N–H and O–H groups in total. The predicted octanol–water partition coefficient (Wildman–Crippen LogP) is 4.47. The Kier molecular flexibility index (Phi) is 4.62. The topological polar surface area (TPSA) is 71.8 Å². The molecule has 0 amide bonds. The second-order valence-corrected chi connectivity index (χ2v) is 7.22. The Morgan fingerprint density at radius 1 is 1.19 bits per heavy atom. The third kappa shape index (κ3) is 3.06. The Hall–Kier alpha value is -2.43. The van der Waals surface area contributed by atoms with Crippen LogP contribution in [0, 0.1) is 5.92 Å². The van der Waals surface area contributed by atoms with Gasteiger partial charge in [-0.1, -0.05) is 6.42 Å². The lowest BCUT2D eigenvalue weighted by Gasteiger charge is -2.23. The second-order valence-electron chi connectivity index (χ2n) is 7.22. The molecule has 1 unspecified atom stereocenters. The van der Waals surface area contributed by atoms with E-state index in [9.17, 15) is 9.90 Å². The highest BCUT2D eigenvalue weighted by atomic mass is 16.5. The van der Waals surface area contributed by atoms with Crippen molar-refractivity contribution in [3.8, 4) is 5.75 Å². The molecule has 1 aromatic heterocycles. The Morgan fingerprint density at radius 3 is 2.81 bits per heavy atom. The molecule has 0 aliphatic heterocycles. The van der Waals surface area contributed by atoms with Crippen LogP contribution in [0.1, 0.15) is 49.8 Å². The SMILES string of the molecule is COc1ccc2nc3c(c(N=C4CCCCC4C(=O)O)c2c1)CCCC3. The maximum atomic E-state index is 11.7. The smallest absolute Gasteiger partial charge is 0.312 e. The van der Waals surface area contributed by atoms with Gasteiger partial charge in [0.05, 0.1) is 24.2 Å². The zero-order chi connectivity index (χ0) is 18.1. The maximum absolute atomic E-state index is 11.7. The van der Waals surface area contributed by atoms with E-state index in [1.807, 2.05) is 18.2 Å². The lowest BCUT2D eigenvalue weighted by atomic mass is 9.86. The van der Waals surface area contributed by atoms with Crippen LogP contribution in [0.4, 0.5) is 5.69 Å². The van der Waals surface area contributed by atoms with Crippen molar-refractivity contribution in [3.05, 3.63) is 29.5 Å². The first-order valence-corrected chi connectivity index (χ1v) is 9.47. The lowest BCUT2D eigenvalue weighted by Crippen LogP contribution is -2.27. The number of carboxylic acid groups (broad SMARTS) is 1. The number of nitrogens with zero attached hydrogens (tertiary/aromatic N) is 2. The summed E-state index contributed by atoms with van der Waals surface area (Å²) in [4.78, 5) is 21.5. The summed E-state index contributed by atoms with van der Waals surface area (Å²) in [6, 6.07) is 5.87. The molecule has 1 saturated carbocycles. The Labute approximate surface area is 153 Å². The fourth-order valence-corrected chi connectivity index (χ4v) is 4.17. The maximum Gasteiger partial charge on any atom is 0.312 e. The number of aliphatic imine (C=N–C) groups is 1. The average Bonchev–Trinajstić information content (AvgIpc) is 2.67. The third-order valence-corrected chi connectivity index (χ3v) is 5.57. The Balaban J connectivity index is 1.93. The molecule has 1 fully saturated rings. The van der Waals surface area contributed by atoms with Gasteiger partial charge in [0.15, 0.2) is 0 Å². The fraction of sp³-hybridized carbons (Fsp3) is 0.476. The van der Waals surface area contributed by atoms with Gasteiger partial charge in [-0.05, 0) is 68.7 Å². The number of fused-ring (bicyclic) bond motifs is 2. The number of hydrogen-bond acceptors (Lipinski definition) is 4. The number of carbonyl (C=O) groups is 1. The van der Waals surface area contributed by atoms with Gasteiger partial charge in [0.2, 0.25) is 0 Å². The van der Waals surface area contributed by atoms with Crippen molar-refractivity contribution in [2.75, 3.05) is 7.11 Å². The number of ether oxygens (including phenoxy) is 1. The summed E-state index contributed by atoms with van der Waals surface area (Å²) in [5, 5.41) is 10.6. The van der Waals surface area contributed by atoms with Crippen molar-refractivity contribution in [1.82, 2.24) is 4.98 Å². The highest BCUT2D eigenvalue weighted by Gasteiger charge is 2.28. The van der Waals surface area contributed by atoms with Crippen molar-refractivity contribution in [1.29, 1.82) is 0 Å². The minimum Gasteiger partial charge on any atom is -0.497 e. The molecule has 2 aromatic rings. The molecule has 4 rings (SSSR count). The molecular weight excluding hydrogens is 328 g/mol. The van der Waals surface area contributed by atoms with Crippen LogP contribution in [0.25, 0.3) is 10.9 Å². The number of rotatable bonds is 3. The predicted molar refractivity (Wildman–Crippen MR) is 102 cm³/mol. The van der Waals surface area contributed by atoms with E-state index in [-0.39, 0.29) is 0 Å². The quantitative estimate of drug-likeness (QED) is 0.884. The molecule has 1 heterocycles. The molecule has 1 aromatic carbocycles. The molecule has 0 spiro atoms. The Morgan fingerprint density at radius 2 is 2.00 bits per heavy atom. The van der Waals surface area contributed by atoms with E-state index in [0.717, 1.165) is 78.7 Å². The van der Waals surface area contributed by atoms with Gasteiger partial charge in [0.25, 0.3) is 0 Å². The Bertz CT molecular complexity index is 888. The van der Waals surface area contributed by atoms with Crippen LogP contribution in [0.15, 0.2) is 23.2 Å². The van der Waals surface area contributed by atoms with Gasteiger partial charge in [0.1, 0.15) is 5.75 Å². The second kappa shape index (κ2) is 7.06. The van der Waals surface area contributed by atoms with Gasteiger partial charge in [-0.15, -0.1) is 0 Å². The molecule has 2 aliphatic carbocycles. The summed E-state index contributed by atoms with van der Waals surface area (Å²) in [6.07, 6.45) is 7.62. The minimum atomic E-state index is -0.756. The van der Waals surface area contributed by atoms with Crippen molar-refractivity contribution in [2.45, 2.75) is 51.4 Å². The molecule has 26 heavy (non-hydrogen) atoms. The number of carboxylic acids is 1. The van der Waals surface area contributed by atoms with E-state index in [1.165, 1.54) is 5.56 Å². The van der Waals surface area contributed by atoms with Gasteiger partial charge < -0.3 is 9.84 Å². The summed E-state index contributed by atoms with van der Waals surface area (Å²) >= 11 is 0. The third-order valence-electron chi connectivity index (χ3n) is 5.57. The summed E-state index contributed by atoms with van der Waals surface area (Å²) in [5.41, 5.74) is 4.96. The summed E-state index contributed by atoms with van der Waals surface area (Å²) in [5.74, 6) is -0.444. The number of hydrogen-bond donors (Lipinski definition) is 1. The zero-order valence-corrected chi connectivity index (χ0v) is 15.1. The normalized spacial score (nSPS) is 21.6. The highest BCUT2D eigenvalue weighted by molar-refractivity contribution is 6.05. The standard InChI is InChI=1S/C21H24N2O3/c1-26-13-10-11-19-16(12-13)20(14-6-2-4-8-17(14)22-19)23-18-9-5-3-7-15(18)21(24)25/h10-12,15H,2-9H2,1H3,(H,24,25). The van der Waals surface area contributed by atoms with Crippen LogP contribution in [0.3, 0.4) is 0 Å². The molecule has 2 aliphatic rings. The minimum absolute atomic E-state index is 0.461. The van der Waals surface area contributed by atoms with Crippen molar-refractivity contribution in [2.24, 2.45) is 10.9 Å². The van der Waals surface area contributed by atoms with Gasteiger partial charge in [-0.25, -0.2) is 0 Å². The number of pyridine rings is 1. The molecule has 0 radical (unpaired) electrons. The van der Waals surface area contributed by atoms with Crippen LogP contribution in [0.2, 0.25) is 0 Å². The van der Waals surface area contributed by atoms with Crippen molar-refractivity contribution in [3.63, 3.8) is 0 Å². The van der Waals surface area contributed by atoms with Crippen LogP contribution in [0.5, 0.6) is 5.75 Å². The van der Waals surface area contributed by atoms with E-state index >= 15 is 0 Å². The van der Waals surface area contributed by atoms with E-state index in [2.05, 4.69) is 0 Å². The molecule has 5 nitrogen and oxygen atoms in total. The zero-order valence-electron chi connectivity index (χ0n) is 15.1.